The first-order valence-electron chi connectivity index (χ1n) is 6.58. The van der Waals surface area contributed by atoms with Gasteiger partial charge in [-0.1, -0.05) is 26.7 Å². The molecule has 0 amide bonds. The van der Waals surface area contributed by atoms with Crippen LogP contribution in [0.4, 0.5) is 0 Å². The molecule has 102 valence electrons. The lowest BCUT2D eigenvalue weighted by atomic mass is 9.78. The van der Waals surface area contributed by atoms with E-state index in [9.17, 15) is 8.42 Å². The molecule has 17 heavy (non-hydrogen) atoms. The summed E-state index contributed by atoms with van der Waals surface area (Å²) in [7, 11) is -3.78. The van der Waals surface area contributed by atoms with Crippen molar-refractivity contribution in [1.29, 1.82) is 0 Å². The molecule has 0 radical (unpaired) electrons. The van der Waals surface area contributed by atoms with Crippen molar-refractivity contribution in [3.8, 4) is 0 Å². The highest BCUT2D eigenvalue weighted by Gasteiger charge is 2.26. The van der Waals surface area contributed by atoms with Crippen molar-refractivity contribution in [3.63, 3.8) is 0 Å². The van der Waals surface area contributed by atoms with Crippen molar-refractivity contribution in [2.24, 2.45) is 11.8 Å². The molecule has 1 fully saturated rings. The van der Waals surface area contributed by atoms with E-state index in [1.807, 2.05) is 0 Å². The molecule has 0 bridgehead atoms. The topological polar surface area (TPSA) is 66.4 Å². The third kappa shape index (κ3) is 5.84. The van der Waals surface area contributed by atoms with Crippen molar-refractivity contribution in [1.82, 2.24) is 5.32 Å². The van der Waals surface area contributed by atoms with Gasteiger partial charge in [0.1, 0.15) is 0 Å². The van der Waals surface area contributed by atoms with Crippen LogP contribution in [-0.4, -0.2) is 31.3 Å². The van der Waals surface area contributed by atoms with Crippen LogP contribution >= 0.6 is 0 Å². The fourth-order valence-corrected chi connectivity index (χ4v) is 3.14. The zero-order valence-electron chi connectivity index (χ0n) is 10.9. The highest BCUT2D eigenvalue weighted by molar-refractivity contribution is 7.85. The van der Waals surface area contributed by atoms with Gasteiger partial charge in [-0.3, -0.25) is 4.55 Å². The molecule has 3 atom stereocenters. The summed E-state index contributed by atoms with van der Waals surface area (Å²) in [4.78, 5) is 0. The highest BCUT2D eigenvalue weighted by atomic mass is 32.2. The Labute approximate surface area is 105 Å². The first-order valence-corrected chi connectivity index (χ1v) is 8.19. The minimum absolute atomic E-state index is 0.120. The largest absolute Gasteiger partial charge is 0.314 e. The Morgan fingerprint density at radius 2 is 1.94 bits per heavy atom. The summed E-state index contributed by atoms with van der Waals surface area (Å²) >= 11 is 0. The van der Waals surface area contributed by atoms with Crippen LogP contribution in [0, 0.1) is 11.8 Å². The monoisotopic (exact) mass is 263 g/mol. The van der Waals surface area contributed by atoms with Crippen LogP contribution in [0.1, 0.15) is 46.0 Å². The summed E-state index contributed by atoms with van der Waals surface area (Å²) in [6, 6.07) is 0.574. The standard InChI is InChI=1S/C12H25NO3S/c1-10-6-5-7-12(11(10)2)13-8-3-4-9-17(14,15)16/h10-13H,3-9H2,1-2H3,(H,14,15,16). The quantitative estimate of drug-likeness (QED) is 0.569. The van der Waals surface area contributed by atoms with E-state index in [1.54, 1.807) is 0 Å². The van der Waals surface area contributed by atoms with E-state index in [0.717, 1.165) is 18.9 Å². The molecular formula is C12H25NO3S. The van der Waals surface area contributed by atoms with Crippen molar-refractivity contribution in [2.45, 2.75) is 52.0 Å². The van der Waals surface area contributed by atoms with Crippen molar-refractivity contribution >= 4 is 10.1 Å². The van der Waals surface area contributed by atoms with Crippen molar-refractivity contribution in [2.75, 3.05) is 12.3 Å². The minimum Gasteiger partial charge on any atom is -0.314 e. The van der Waals surface area contributed by atoms with Crippen molar-refractivity contribution < 1.29 is 13.0 Å². The molecule has 0 spiro atoms. The lowest BCUT2D eigenvalue weighted by molar-refractivity contribution is 0.207. The Balaban J connectivity index is 2.14. The maximum Gasteiger partial charge on any atom is 0.264 e. The van der Waals surface area contributed by atoms with Gasteiger partial charge in [-0.25, -0.2) is 0 Å². The highest BCUT2D eigenvalue weighted by Crippen LogP contribution is 2.29. The molecule has 0 aromatic carbocycles. The second-order valence-corrected chi connectivity index (χ2v) is 6.89. The molecule has 1 aliphatic rings. The predicted octanol–water partition coefficient (Wildman–Crippen LogP) is 2.07. The van der Waals surface area contributed by atoms with Crippen LogP contribution in [0.3, 0.4) is 0 Å². The summed E-state index contributed by atoms with van der Waals surface area (Å²) in [5, 5.41) is 3.51. The molecule has 5 heteroatoms. The lowest BCUT2D eigenvalue weighted by Gasteiger charge is -2.34. The molecule has 0 aliphatic heterocycles. The summed E-state index contributed by atoms with van der Waals surface area (Å²) in [6.07, 6.45) is 5.17. The number of rotatable bonds is 6. The van der Waals surface area contributed by atoms with E-state index in [2.05, 4.69) is 19.2 Å². The van der Waals surface area contributed by atoms with Crippen LogP contribution in [0.5, 0.6) is 0 Å². The van der Waals surface area contributed by atoms with Gasteiger partial charge >= 0.3 is 0 Å². The fourth-order valence-electron chi connectivity index (χ4n) is 2.57. The second-order valence-electron chi connectivity index (χ2n) is 5.32. The SMILES string of the molecule is CC1CCCC(NCCCCS(=O)(=O)O)C1C. The molecule has 0 aromatic heterocycles. The van der Waals surface area contributed by atoms with E-state index >= 15 is 0 Å². The van der Waals surface area contributed by atoms with Crippen LogP contribution in [0.15, 0.2) is 0 Å². The third-order valence-corrected chi connectivity index (χ3v) is 4.75. The maximum atomic E-state index is 10.5. The molecule has 0 aromatic rings. The number of hydrogen-bond acceptors (Lipinski definition) is 3. The van der Waals surface area contributed by atoms with Crippen LogP contribution < -0.4 is 5.32 Å². The lowest BCUT2D eigenvalue weighted by Crippen LogP contribution is -2.41. The zero-order valence-corrected chi connectivity index (χ0v) is 11.7. The maximum absolute atomic E-state index is 10.5. The Hall–Kier alpha value is -0.130. The van der Waals surface area contributed by atoms with Gasteiger partial charge in [0.25, 0.3) is 10.1 Å². The average Bonchev–Trinajstić information content (AvgIpc) is 2.22. The smallest absolute Gasteiger partial charge is 0.264 e. The molecule has 1 rings (SSSR count). The van der Waals surface area contributed by atoms with Crippen LogP contribution in [0.25, 0.3) is 0 Å². The van der Waals surface area contributed by atoms with Gasteiger partial charge in [-0.2, -0.15) is 8.42 Å². The summed E-state index contributed by atoms with van der Waals surface area (Å²) in [5.74, 6) is 1.36. The Bertz CT molecular complexity index is 316. The molecule has 1 saturated carbocycles. The van der Waals surface area contributed by atoms with Crippen LogP contribution in [0.2, 0.25) is 0 Å². The molecule has 1 aliphatic carbocycles. The Kier molecular flexibility index (Phi) is 5.89. The summed E-state index contributed by atoms with van der Waals surface area (Å²) in [6.45, 7) is 5.44. The van der Waals surface area contributed by atoms with E-state index in [4.69, 9.17) is 4.55 Å². The van der Waals surface area contributed by atoms with E-state index < -0.39 is 10.1 Å². The molecule has 0 saturated heterocycles. The molecule has 2 N–H and O–H groups in total. The second kappa shape index (κ2) is 6.71. The van der Waals surface area contributed by atoms with Crippen LogP contribution in [-0.2, 0) is 10.1 Å². The third-order valence-electron chi connectivity index (χ3n) is 3.94. The number of nitrogens with one attached hydrogen (secondary N) is 1. The van der Waals surface area contributed by atoms with Gasteiger partial charge in [-0.15, -0.1) is 0 Å². The van der Waals surface area contributed by atoms with E-state index in [1.165, 1.54) is 19.3 Å². The molecular weight excluding hydrogens is 238 g/mol. The molecule has 0 heterocycles. The van der Waals surface area contributed by atoms with Gasteiger partial charge in [0, 0.05) is 6.04 Å². The number of unbranched alkanes of at least 4 members (excludes halogenated alkanes) is 1. The van der Waals surface area contributed by atoms with Gasteiger partial charge in [0.2, 0.25) is 0 Å². The van der Waals surface area contributed by atoms with Gasteiger partial charge < -0.3 is 5.32 Å². The normalized spacial score (nSPS) is 30.4. The number of hydrogen-bond donors (Lipinski definition) is 2. The Morgan fingerprint density at radius 3 is 2.59 bits per heavy atom. The summed E-state index contributed by atoms with van der Waals surface area (Å²) in [5.41, 5.74) is 0. The first-order chi connectivity index (χ1) is 7.90. The van der Waals surface area contributed by atoms with E-state index in [0.29, 0.717) is 18.4 Å². The average molecular weight is 263 g/mol. The first kappa shape index (κ1) is 14.9. The predicted molar refractivity (Wildman–Crippen MR) is 69.6 cm³/mol. The summed E-state index contributed by atoms with van der Waals surface area (Å²) < 4.78 is 29.6. The fraction of sp³-hybridized carbons (Fsp3) is 1.00. The van der Waals surface area contributed by atoms with Gasteiger partial charge in [0.15, 0.2) is 0 Å². The zero-order chi connectivity index (χ0) is 12.9. The minimum atomic E-state index is -3.78. The van der Waals surface area contributed by atoms with E-state index in [-0.39, 0.29) is 5.75 Å². The van der Waals surface area contributed by atoms with Gasteiger partial charge in [0.05, 0.1) is 5.75 Å². The Morgan fingerprint density at radius 1 is 1.24 bits per heavy atom. The molecule has 3 unspecified atom stereocenters. The van der Waals surface area contributed by atoms with Crippen molar-refractivity contribution in [3.05, 3.63) is 0 Å². The van der Waals surface area contributed by atoms with Gasteiger partial charge in [-0.05, 0) is 37.6 Å². The molecule has 4 nitrogen and oxygen atoms in total.